The largest absolute Gasteiger partial charge is 0.508 e. The summed E-state index contributed by atoms with van der Waals surface area (Å²) in [5.74, 6) is -0.308. The molecule has 1 heterocycles. The number of phenols is 1. The Morgan fingerprint density at radius 2 is 1.81 bits per heavy atom. The van der Waals surface area contributed by atoms with Crippen LogP contribution in [0.3, 0.4) is 0 Å². The van der Waals surface area contributed by atoms with Crippen molar-refractivity contribution in [2.24, 2.45) is 0 Å². The number of aromatic hydroxyl groups is 1. The molecule has 0 spiro atoms. The maximum Gasteiger partial charge on any atom is 0.336 e. The van der Waals surface area contributed by atoms with E-state index in [1.807, 2.05) is 37.3 Å². The molecule has 2 aromatic carbocycles. The Hall–Kier alpha value is -3.08. The van der Waals surface area contributed by atoms with Gasteiger partial charge in [-0.25, -0.2) is 4.79 Å². The summed E-state index contributed by atoms with van der Waals surface area (Å²) in [6, 6.07) is 13.9. The summed E-state index contributed by atoms with van der Waals surface area (Å²) in [6.45, 7) is 5.47. The molecular weight excluding hydrogens is 344 g/mol. The normalized spacial score (nSPS) is 11.5. The van der Waals surface area contributed by atoms with Crippen LogP contribution in [0.4, 0.5) is 0 Å². The molecule has 1 aromatic heterocycles. The van der Waals surface area contributed by atoms with Gasteiger partial charge in [-0.3, -0.25) is 4.79 Å². The van der Waals surface area contributed by atoms with Crippen molar-refractivity contribution in [2.75, 3.05) is 0 Å². The summed E-state index contributed by atoms with van der Waals surface area (Å²) in [4.78, 5) is 24.5. The van der Waals surface area contributed by atoms with Crippen LogP contribution >= 0.6 is 0 Å². The number of esters is 1. The number of phenolic OH excluding ortho intramolecular Hbond substituents is 1. The molecule has 0 aliphatic carbocycles. The number of carbonyl (C=O) groups excluding carboxylic acids is 1. The first-order chi connectivity index (χ1) is 12.8. The van der Waals surface area contributed by atoms with Gasteiger partial charge in [0.25, 0.3) is 0 Å². The third kappa shape index (κ3) is 3.72. The Morgan fingerprint density at radius 3 is 2.48 bits per heavy atom. The smallest absolute Gasteiger partial charge is 0.336 e. The maximum atomic E-state index is 12.7. The quantitative estimate of drug-likeness (QED) is 0.544. The molecular formula is C22H22O5. The molecule has 0 radical (unpaired) electrons. The second kappa shape index (κ2) is 7.27. The molecule has 0 saturated carbocycles. The Labute approximate surface area is 157 Å². The lowest BCUT2D eigenvalue weighted by atomic mass is 9.85. The Balaban J connectivity index is 1.90. The van der Waals surface area contributed by atoms with Crippen LogP contribution in [-0.2, 0) is 28.0 Å². The predicted octanol–water partition coefficient (Wildman–Crippen LogP) is 4.08. The Kier molecular flexibility index (Phi) is 5.04. The molecule has 0 atom stereocenters. The van der Waals surface area contributed by atoms with E-state index in [9.17, 15) is 14.7 Å². The molecule has 3 rings (SSSR count). The van der Waals surface area contributed by atoms with Crippen molar-refractivity contribution in [3.05, 3.63) is 75.6 Å². The van der Waals surface area contributed by atoms with Crippen molar-refractivity contribution in [3.8, 4) is 5.75 Å². The number of hydrogen-bond donors (Lipinski definition) is 1. The third-order valence-corrected chi connectivity index (χ3v) is 4.77. The number of hydrogen-bond acceptors (Lipinski definition) is 5. The van der Waals surface area contributed by atoms with E-state index in [0.29, 0.717) is 17.4 Å². The molecule has 3 aromatic rings. The van der Waals surface area contributed by atoms with Crippen molar-refractivity contribution in [1.82, 2.24) is 0 Å². The fraction of sp³-hybridized carbons (Fsp3) is 0.273. The van der Waals surface area contributed by atoms with Gasteiger partial charge in [0.2, 0.25) is 0 Å². The van der Waals surface area contributed by atoms with Gasteiger partial charge in [-0.2, -0.15) is 0 Å². The molecule has 0 amide bonds. The minimum absolute atomic E-state index is 0.0505. The summed E-state index contributed by atoms with van der Waals surface area (Å²) in [6.07, 6.45) is 0.626. The number of ether oxygens (including phenoxy) is 1. The standard InChI is InChI=1S/C22H22O5/c1-4-14-10-17-15(11-20(24)27-19(17)12-18(14)23)13-26-21(25)22(2,3)16-8-6-5-7-9-16/h5-12,23H,4,13H2,1-3H3. The lowest BCUT2D eigenvalue weighted by molar-refractivity contribution is -0.150. The lowest BCUT2D eigenvalue weighted by Crippen LogP contribution is -2.31. The van der Waals surface area contributed by atoms with E-state index in [0.717, 1.165) is 11.1 Å². The number of carbonyl (C=O) groups is 1. The van der Waals surface area contributed by atoms with Crippen LogP contribution in [-0.4, -0.2) is 11.1 Å². The molecule has 140 valence electrons. The second-order valence-corrected chi connectivity index (χ2v) is 6.99. The highest BCUT2D eigenvalue weighted by Crippen LogP contribution is 2.29. The van der Waals surface area contributed by atoms with E-state index in [4.69, 9.17) is 9.15 Å². The van der Waals surface area contributed by atoms with Crippen molar-refractivity contribution >= 4 is 16.9 Å². The molecule has 5 heteroatoms. The van der Waals surface area contributed by atoms with Gasteiger partial charge < -0.3 is 14.3 Å². The predicted molar refractivity (Wildman–Crippen MR) is 103 cm³/mol. The molecule has 0 aliphatic heterocycles. The van der Waals surface area contributed by atoms with E-state index in [2.05, 4.69) is 0 Å². The van der Waals surface area contributed by atoms with Crippen LogP contribution < -0.4 is 5.63 Å². The SMILES string of the molecule is CCc1cc2c(COC(=O)C(C)(C)c3ccccc3)cc(=O)oc2cc1O. The van der Waals surface area contributed by atoms with Crippen molar-refractivity contribution < 1.29 is 19.1 Å². The number of aryl methyl sites for hydroxylation is 1. The van der Waals surface area contributed by atoms with E-state index in [1.165, 1.54) is 12.1 Å². The van der Waals surface area contributed by atoms with Crippen LogP contribution in [0, 0.1) is 0 Å². The van der Waals surface area contributed by atoms with Crippen LogP contribution in [0.1, 0.15) is 37.5 Å². The average molecular weight is 366 g/mol. The summed E-state index contributed by atoms with van der Waals surface area (Å²) in [5, 5.41) is 10.6. The monoisotopic (exact) mass is 366 g/mol. The van der Waals surface area contributed by atoms with Crippen molar-refractivity contribution in [2.45, 2.75) is 39.2 Å². The van der Waals surface area contributed by atoms with Gasteiger partial charge in [-0.05, 0) is 37.5 Å². The van der Waals surface area contributed by atoms with E-state index in [-0.39, 0.29) is 23.9 Å². The van der Waals surface area contributed by atoms with Gasteiger partial charge in [-0.1, -0.05) is 37.3 Å². The first kappa shape index (κ1) is 18.7. The Bertz CT molecular complexity index is 1030. The van der Waals surface area contributed by atoms with Crippen molar-refractivity contribution in [3.63, 3.8) is 0 Å². The molecule has 1 N–H and O–H groups in total. The molecule has 0 bridgehead atoms. The summed E-state index contributed by atoms with van der Waals surface area (Å²) < 4.78 is 10.7. The van der Waals surface area contributed by atoms with E-state index in [1.54, 1.807) is 19.9 Å². The van der Waals surface area contributed by atoms with Crippen LogP contribution in [0.5, 0.6) is 5.75 Å². The lowest BCUT2D eigenvalue weighted by Gasteiger charge is -2.23. The zero-order chi connectivity index (χ0) is 19.6. The first-order valence-corrected chi connectivity index (χ1v) is 8.84. The topological polar surface area (TPSA) is 76.7 Å². The second-order valence-electron chi connectivity index (χ2n) is 6.99. The minimum Gasteiger partial charge on any atom is -0.508 e. The van der Waals surface area contributed by atoms with Gasteiger partial charge in [0.1, 0.15) is 17.9 Å². The Morgan fingerprint density at radius 1 is 1.11 bits per heavy atom. The van der Waals surface area contributed by atoms with Crippen molar-refractivity contribution in [1.29, 1.82) is 0 Å². The van der Waals surface area contributed by atoms with Gasteiger partial charge in [0.15, 0.2) is 0 Å². The minimum atomic E-state index is -0.816. The van der Waals surface area contributed by atoms with Crippen LogP contribution in [0.15, 0.2) is 57.7 Å². The van der Waals surface area contributed by atoms with Gasteiger partial charge in [0.05, 0.1) is 5.41 Å². The highest BCUT2D eigenvalue weighted by molar-refractivity contribution is 5.84. The van der Waals surface area contributed by atoms with Gasteiger partial charge >= 0.3 is 11.6 Å². The summed E-state index contributed by atoms with van der Waals surface area (Å²) in [5.41, 5.74) is 1.03. The zero-order valence-electron chi connectivity index (χ0n) is 15.6. The molecule has 0 saturated heterocycles. The first-order valence-electron chi connectivity index (χ1n) is 8.84. The van der Waals surface area contributed by atoms with Crippen LogP contribution in [0.25, 0.3) is 11.0 Å². The van der Waals surface area contributed by atoms with Gasteiger partial charge in [-0.15, -0.1) is 0 Å². The molecule has 5 nitrogen and oxygen atoms in total. The molecule has 0 aliphatic rings. The zero-order valence-corrected chi connectivity index (χ0v) is 15.6. The van der Waals surface area contributed by atoms with E-state index < -0.39 is 11.0 Å². The summed E-state index contributed by atoms with van der Waals surface area (Å²) >= 11 is 0. The fourth-order valence-corrected chi connectivity index (χ4v) is 3.01. The number of benzene rings is 2. The van der Waals surface area contributed by atoms with Gasteiger partial charge in [0, 0.05) is 23.1 Å². The van der Waals surface area contributed by atoms with E-state index >= 15 is 0 Å². The number of rotatable bonds is 5. The third-order valence-electron chi connectivity index (χ3n) is 4.77. The molecule has 27 heavy (non-hydrogen) atoms. The highest BCUT2D eigenvalue weighted by atomic mass is 16.5. The summed E-state index contributed by atoms with van der Waals surface area (Å²) in [7, 11) is 0. The van der Waals surface area contributed by atoms with Crippen LogP contribution in [0.2, 0.25) is 0 Å². The number of fused-ring (bicyclic) bond motifs is 1. The average Bonchev–Trinajstić information content (AvgIpc) is 2.65. The maximum absolute atomic E-state index is 12.7. The molecule has 0 fully saturated rings. The highest BCUT2D eigenvalue weighted by Gasteiger charge is 2.31. The molecule has 0 unspecified atom stereocenters. The fourth-order valence-electron chi connectivity index (χ4n) is 3.01.